The number of hydrogen-bond acceptors (Lipinski definition) is 2. The molecule has 304 valence electrons. The Balaban J connectivity index is 1.39. The number of aryl methyl sites for hydroxylation is 2. The highest BCUT2D eigenvalue weighted by atomic mass is 79.9. The van der Waals surface area contributed by atoms with Crippen LogP contribution in [-0.4, -0.2) is 0 Å². The van der Waals surface area contributed by atoms with E-state index in [1.807, 2.05) is 0 Å². The van der Waals surface area contributed by atoms with Crippen molar-refractivity contribution in [1.29, 1.82) is 0 Å². The van der Waals surface area contributed by atoms with Gasteiger partial charge in [-0.1, -0.05) is 149 Å². The number of benzene rings is 7. The van der Waals surface area contributed by atoms with Gasteiger partial charge in [-0.2, -0.15) is 0 Å². The normalized spacial score (nSPS) is 12.0. The molecule has 7 rings (SSSR count). The molecule has 0 amide bonds. The highest BCUT2D eigenvalue weighted by Gasteiger charge is 2.21. The topological polar surface area (TPSA) is 6.48 Å². The summed E-state index contributed by atoms with van der Waals surface area (Å²) >= 11 is 7.36. The molecule has 59 heavy (non-hydrogen) atoms. The van der Waals surface area contributed by atoms with Crippen molar-refractivity contribution in [1.82, 2.24) is 0 Å². The molecule has 4 heteroatoms. The lowest BCUT2D eigenvalue weighted by Crippen LogP contribution is -2.13. The lowest BCUT2D eigenvalue weighted by atomic mass is 9.87. The summed E-state index contributed by atoms with van der Waals surface area (Å²) in [6.45, 7) is 18.3. The minimum absolute atomic E-state index is 0.0833. The van der Waals surface area contributed by atoms with E-state index < -0.39 is 0 Å². The van der Waals surface area contributed by atoms with E-state index in [-0.39, 0.29) is 10.8 Å². The standard InChI is InChI=1S/C55H60Br2N2/c1-9-10-11-12-13-14-15-49-38(2)52-36-47(58(45-28-20-41(56)21-29-45)43-24-16-39(17-25-43)54(3,4)5)32-34-50(52)51-35-33-48(37-53(49)51)59(46-30-22-42(57)23-31-46)44-26-18-40(19-27-44)55(6,7)8/h16-37H,9-15H2,1-8H3. The molecule has 0 aliphatic heterocycles. The summed E-state index contributed by atoms with van der Waals surface area (Å²) in [6.07, 6.45) is 8.70. The summed E-state index contributed by atoms with van der Waals surface area (Å²) in [6, 6.07) is 49.9. The van der Waals surface area contributed by atoms with Crippen LogP contribution in [0.4, 0.5) is 34.1 Å². The van der Waals surface area contributed by atoms with Crippen LogP contribution in [0.2, 0.25) is 0 Å². The first kappa shape index (κ1) is 42.7. The van der Waals surface area contributed by atoms with Crippen LogP contribution in [0, 0.1) is 6.92 Å². The van der Waals surface area contributed by atoms with E-state index in [4.69, 9.17) is 0 Å². The van der Waals surface area contributed by atoms with Gasteiger partial charge in [0.2, 0.25) is 0 Å². The van der Waals surface area contributed by atoms with Crippen LogP contribution in [0.5, 0.6) is 0 Å². The lowest BCUT2D eigenvalue weighted by molar-refractivity contribution is 0.590. The van der Waals surface area contributed by atoms with Gasteiger partial charge in [0.15, 0.2) is 0 Å². The molecule has 2 nitrogen and oxygen atoms in total. The van der Waals surface area contributed by atoms with Crippen molar-refractivity contribution in [3.8, 4) is 0 Å². The number of hydrogen-bond donors (Lipinski definition) is 0. The molecule has 0 aliphatic carbocycles. The molecule has 0 atom stereocenters. The molecule has 0 unspecified atom stereocenters. The maximum atomic E-state index is 3.68. The second-order valence-electron chi connectivity index (χ2n) is 18.3. The minimum Gasteiger partial charge on any atom is -0.310 e. The van der Waals surface area contributed by atoms with Crippen LogP contribution in [0.25, 0.3) is 21.5 Å². The largest absolute Gasteiger partial charge is 0.310 e. The molecule has 0 saturated heterocycles. The van der Waals surface area contributed by atoms with Gasteiger partial charge in [-0.3, -0.25) is 0 Å². The van der Waals surface area contributed by atoms with Gasteiger partial charge in [0.05, 0.1) is 0 Å². The van der Waals surface area contributed by atoms with Crippen LogP contribution >= 0.6 is 31.9 Å². The van der Waals surface area contributed by atoms with E-state index in [2.05, 4.69) is 231 Å². The van der Waals surface area contributed by atoms with Gasteiger partial charge in [0.25, 0.3) is 0 Å². The van der Waals surface area contributed by atoms with Crippen molar-refractivity contribution in [3.05, 3.63) is 165 Å². The molecule has 0 saturated carbocycles. The number of anilines is 6. The summed E-state index contributed by atoms with van der Waals surface area (Å²) in [5.74, 6) is 0. The van der Waals surface area contributed by atoms with E-state index in [0.717, 1.165) is 43.8 Å². The van der Waals surface area contributed by atoms with Gasteiger partial charge in [0.1, 0.15) is 0 Å². The highest BCUT2D eigenvalue weighted by molar-refractivity contribution is 9.10. The van der Waals surface area contributed by atoms with Crippen LogP contribution in [-0.2, 0) is 17.3 Å². The third-order valence-electron chi connectivity index (χ3n) is 11.9. The molecule has 7 aromatic rings. The predicted octanol–water partition coefficient (Wildman–Crippen LogP) is 18.3. The second kappa shape index (κ2) is 18.1. The second-order valence-corrected chi connectivity index (χ2v) is 20.1. The molecule has 0 fully saturated rings. The minimum atomic E-state index is 0.0833. The molecule has 0 spiro atoms. The zero-order valence-electron chi connectivity index (χ0n) is 36.3. The van der Waals surface area contributed by atoms with Gasteiger partial charge < -0.3 is 9.80 Å². The van der Waals surface area contributed by atoms with Gasteiger partial charge in [0, 0.05) is 43.1 Å². The monoisotopic (exact) mass is 906 g/mol. The molecular weight excluding hydrogens is 848 g/mol. The summed E-state index contributed by atoms with van der Waals surface area (Å²) < 4.78 is 2.15. The van der Waals surface area contributed by atoms with Gasteiger partial charge in [-0.05, 0) is 171 Å². The number of unbranched alkanes of at least 4 members (excludes halogenated alkanes) is 5. The summed E-state index contributed by atoms with van der Waals surface area (Å²) in [4.78, 5) is 4.82. The number of rotatable bonds is 13. The summed E-state index contributed by atoms with van der Waals surface area (Å²) in [5, 5.41) is 5.28. The fourth-order valence-electron chi connectivity index (χ4n) is 8.44. The van der Waals surface area contributed by atoms with E-state index >= 15 is 0 Å². The molecule has 7 aromatic carbocycles. The molecule has 0 aliphatic rings. The van der Waals surface area contributed by atoms with E-state index in [9.17, 15) is 0 Å². The first-order valence-corrected chi connectivity index (χ1v) is 23.1. The fraction of sp³-hybridized carbons (Fsp3) is 0.309. The average molecular weight is 909 g/mol. The van der Waals surface area contributed by atoms with Crippen molar-refractivity contribution < 1.29 is 0 Å². The molecule has 0 radical (unpaired) electrons. The molecular formula is C55H60Br2N2. The molecule has 0 heterocycles. The Morgan fingerprint density at radius 3 is 1.19 bits per heavy atom. The van der Waals surface area contributed by atoms with Gasteiger partial charge in [-0.15, -0.1) is 0 Å². The Morgan fingerprint density at radius 1 is 0.407 bits per heavy atom. The first-order chi connectivity index (χ1) is 28.2. The smallest absolute Gasteiger partial charge is 0.0468 e. The Kier molecular flexibility index (Phi) is 13.1. The zero-order chi connectivity index (χ0) is 41.9. The van der Waals surface area contributed by atoms with E-state index in [1.54, 1.807) is 0 Å². The maximum Gasteiger partial charge on any atom is 0.0468 e. The third-order valence-corrected chi connectivity index (χ3v) is 13.0. The van der Waals surface area contributed by atoms with Crippen molar-refractivity contribution in [2.24, 2.45) is 0 Å². The number of halogens is 2. The predicted molar refractivity (Wildman–Crippen MR) is 265 cm³/mol. The quantitative estimate of drug-likeness (QED) is 0.0840. The Labute approximate surface area is 370 Å². The number of fused-ring (bicyclic) bond motifs is 3. The van der Waals surface area contributed by atoms with Crippen molar-refractivity contribution in [2.75, 3.05) is 9.80 Å². The van der Waals surface area contributed by atoms with E-state index in [1.165, 1.54) is 88.0 Å². The summed E-state index contributed by atoms with van der Waals surface area (Å²) in [7, 11) is 0. The molecule has 0 N–H and O–H groups in total. The van der Waals surface area contributed by atoms with Crippen LogP contribution < -0.4 is 9.80 Å². The van der Waals surface area contributed by atoms with Crippen LogP contribution in [0.1, 0.15) is 109 Å². The first-order valence-electron chi connectivity index (χ1n) is 21.5. The SMILES string of the molecule is CCCCCCCCc1c(C)c2cc(N(c3ccc(Br)cc3)c3ccc(C(C)(C)C)cc3)ccc2c2ccc(N(c3ccc(Br)cc3)c3ccc(C(C)(C)C)cc3)cc12. The Bertz CT molecular complexity index is 2500. The summed E-state index contributed by atoms with van der Waals surface area (Å²) in [5.41, 5.74) is 12.6. The molecule has 0 bridgehead atoms. The maximum absolute atomic E-state index is 3.68. The van der Waals surface area contributed by atoms with E-state index in [0.29, 0.717) is 0 Å². The zero-order valence-corrected chi connectivity index (χ0v) is 39.5. The van der Waals surface area contributed by atoms with Gasteiger partial charge >= 0.3 is 0 Å². The Morgan fingerprint density at radius 2 is 0.763 bits per heavy atom. The lowest BCUT2D eigenvalue weighted by Gasteiger charge is -2.28. The fourth-order valence-corrected chi connectivity index (χ4v) is 8.97. The van der Waals surface area contributed by atoms with Crippen molar-refractivity contribution in [2.45, 2.75) is 111 Å². The highest BCUT2D eigenvalue weighted by Crippen LogP contribution is 2.44. The number of nitrogens with zero attached hydrogens (tertiary/aromatic N) is 2. The van der Waals surface area contributed by atoms with Gasteiger partial charge in [-0.25, -0.2) is 0 Å². The average Bonchev–Trinajstić information content (AvgIpc) is 3.21. The molecule has 0 aromatic heterocycles. The third kappa shape index (κ3) is 9.66. The van der Waals surface area contributed by atoms with Crippen molar-refractivity contribution in [3.63, 3.8) is 0 Å². The van der Waals surface area contributed by atoms with Crippen LogP contribution in [0.3, 0.4) is 0 Å². The van der Waals surface area contributed by atoms with Crippen molar-refractivity contribution >= 4 is 87.5 Å². The van der Waals surface area contributed by atoms with Crippen LogP contribution in [0.15, 0.2) is 142 Å². The Hall–Kier alpha value is -4.38.